The Morgan fingerprint density at radius 1 is 1.53 bits per heavy atom. The number of imidazole rings is 1. The van der Waals surface area contributed by atoms with Crippen molar-refractivity contribution < 1.29 is 5.41 Å². The van der Waals surface area contributed by atoms with E-state index in [0.717, 1.165) is 5.75 Å². The Kier molecular flexibility index (Phi) is 3.28. The average Bonchev–Trinajstić information content (AvgIpc) is 2.69. The number of anilines is 2. The highest BCUT2D eigenvalue weighted by molar-refractivity contribution is 8.13. The van der Waals surface area contributed by atoms with E-state index in [0.29, 0.717) is 34.6 Å². The molecule has 0 aliphatic carbocycles. The maximum Gasteiger partial charge on any atom is 0.299 e. The fourth-order valence-corrected chi connectivity index (χ4v) is 1.71. The van der Waals surface area contributed by atoms with Gasteiger partial charge in [0.1, 0.15) is 11.8 Å². The molecule has 0 aromatic carbocycles. The number of nitrogens with one attached hydrogen (secondary N) is 2. The van der Waals surface area contributed by atoms with E-state index in [1.165, 1.54) is 18.1 Å². The van der Waals surface area contributed by atoms with Crippen LogP contribution in [0.2, 0.25) is 0 Å². The summed E-state index contributed by atoms with van der Waals surface area (Å²) in [6.07, 6.45) is 1.38. The summed E-state index contributed by atoms with van der Waals surface area (Å²) in [6, 6.07) is 0. The van der Waals surface area contributed by atoms with Gasteiger partial charge in [-0.3, -0.25) is 11.1 Å². The van der Waals surface area contributed by atoms with Gasteiger partial charge < -0.3 is 16.0 Å². The van der Waals surface area contributed by atoms with Crippen LogP contribution in [0.4, 0.5) is 11.8 Å². The maximum absolute atomic E-state index is 5.67. The molecule has 0 spiro atoms. The number of aromatic amines is 1. The summed E-state index contributed by atoms with van der Waals surface area (Å²) < 4.78 is 0. The highest BCUT2D eigenvalue weighted by atomic mass is 32.2. The van der Waals surface area contributed by atoms with Crippen LogP contribution in [0.15, 0.2) is 6.33 Å². The Bertz CT molecular complexity index is 535. The first-order valence-corrected chi connectivity index (χ1v) is 5.86. The van der Waals surface area contributed by atoms with Crippen molar-refractivity contribution in [1.29, 1.82) is 0 Å². The summed E-state index contributed by atoms with van der Waals surface area (Å²) in [4.78, 5) is 15.1. The van der Waals surface area contributed by atoms with E-state index in [-0.39, 0.29) is 0 Å². The second-order valence-electron chi connectivity index (χ2n) is 3.22. The number of fused-ring (bicyclic) bond motifs is 1. The molecule has 0 unspecified atom stereocenters. The largest absolute Gasteiger partial charge is 0.382 e. The molecule has 0 aliphatic heterocycles. The predicted octanol–water partition coefficient (Wildman–Crippen LogP) is -1.85. The molecule has 0 radical (unpaired) electrons. The topological polar surface area (TPSA) is 144 Å². The summed E-state index contributed by atoms with van der Waals surface area (Å²) in [7, 11) is 0. The standard InChI is InChI=1S/C8H12N8S/c9-5-4-6(14-3-13-5)16-8(15-4)12-1-2-17-7(10)11/h3H,1-2H2,(H3,10,11)(H4,9,12,13,14,15,16)/p+1. The van der Waals surface area contributed by atoms with E-state index in [9.17, 15) is 0 Å². The van der Waals surface area contributed by atoms with Crippen LogP contribution >= 0.6 is 11.8 Å². The van der Waals surface area contributed by atoms with Crippen LogP contribution < -0.4 is 22.2 Å². The molecule has 17 heavy (non-hydrogen) atoms. The Hall–Kier alpha value is -2.03. The minimum Gasteiger partial charge on any atom is -0.382 e. The van der Waals surface area contributed by atoms with Gasteiger partial charge in [0.15, 0.2) is 11.5 Å². The highest BCUT2D eigenvalue weighted by Crippen LogP contribution is 2.15. The third-order valence-electron chi connectivity index (χ3n) is 1.98. The summed E-state index contributed by atoms with van der Waals surface area (Å²) in [5, 5.41) is 8.76. The van der Waals surface area contributed by atoms with Crippen molar-refractivity contribution in [3.05, 3.63) is 6.33 Å². The van der Waals surface area contributed by atoms with Gasteiger partial charge in [0.25, 0.3) is 5.17 Å². The minimum atomic E-state index is 0.353. The normalized spacial score (nSPS) is 10.6. The number of aromatic nitrogens is 4. The number of nitrogens with zero attached hydrogens (tertiary/aromatic N) is 3. The van der Waals surface area contributed by atoms with Crippen LogP contribution in [0.1, 0.15) is 0 Å². The number of hydrogen-bond acceptors (Lipinski definition) is 6. The zero-order chi connectivity index (χ0) is 12.3. The molecule has 0 fully saturated rings. The molecule has 2 aromatic heterocycles. The Labute approximate surface area is 101 Å². The fourth-order valence-electron chi connectivity index (χ4n) is 1.27. The zero-order valence-electron chi connectivity index (χ0n) is 8.97. The lowest BCUT2D eigenvalue weighted by Gasteiger charge is -1.99. The first-order chi connectivity index (χ1) is 8.16. The van der Waals surface area contributed by atoms with Gasteiger partial charge in [-0.2, -0.15) is 4.98 Å². The molecule has 90 valence electrons. The molecule has 9 heteroatoms. The van der Waals surface area contributed by atoms with Crippen molar-refractivity contribution in [2.45, 2.75) is 0 Å². The number of hydrogen-bond donors (Lipinski definition) is 5. The third-order valence-corrected chi connectivity index (χ3v) is 2.72. The molecule has 8 nitrogen and oxygen atoms in total. The van der Waals surface area contributed by atoms with Crippen molar-refractivity contribution in [3.63, 3.8) is 0 Å². The van der Waals surface area contributed by atoms with E-state index < -0.39 is 0 Å². The molecule has 2 heterocycles. The molecule has 2 aromatic rings. The van der Waals surface area contributed by atoms with Gasteiger partial charge in [0, 0.05) is 12.3 Å². The van der Waals surface area contributed by atoms with Crippen LogP contribution in [0, 0.1) is 0 Å². The van der Waals surface area contributed by atoms with Gasteiger partial charge in [-0.05, 0) is 11.8 Å². The smallest absolute Gasteiger partial charge is 0.299 e. The van der Waals surface area contributed by atoms with E-state index in [1.54, 1.807) is 0 Å². The number of H-pyrrole nitrogens is 1. The first kappa shape index (κ1) is 11.5. The molecule has 2 rings (SSSR count). The number of amidine groups is 1. The Morgan fingerprint density at radius 3 is 3.06 bits per heavy atom. The summed E-state index contributed by atoms with van der Waals surface area (Å²) in [6.45, 7) is 0.676. The van der Waals surface area contributed by atoms with Gasteiger partial charge >= 0.3 is 0 Å². The van der Waals surface area contributed by atoms with Crippen molar-refractivity contribution in [2.75, 3.05) is 23.3 Å². The summed E-state index contributed by atoms with van der Waals surface area (Å²) in [5.74, 6) is 1.73. The Morgan fingerprint density at radius 2 is 2.35 bits per heavy atom. The van der Waals surface area contributed by atoms with Crippen molar-refractivity contribution >= 4 is 39.9 Å². The van der Waals surface area contributed by atoms with Gasteiger partial charge in [-0.1, -0.05) is 0 Å². The summed E-state index contributed by atoms with van der Waals surface area (Å²) >= 11 is 1.38. The molecule has 0 aliphatic rings. The molecule has 0 saturated carbocycles. The maximum atomic E-state index is 5.67. The predicted molar refractivity (Wildman–Crippen MR) is 68.2 cm³/mol. The molecule has 0 atom stereocenters. The van der Waals surface area contributed by atoms with Crippen LogP contribution in [-0.2, 0) is 0 Å². The monoisotopic (exact) mass is 253 g/mol. The summed E-state index contributed by atoms with van der Waals surface area (Å²) in [5.41, 5.74) is 12.2. The molecular weight excluding hydrogens is 240 g/mol. The van der Waals surface area contributed by atoms with E-state index in [1.807, 2.05) is 0 Å². The third kappa shape index (κ3) is 2.75. The Balaban J connectivity index is 2.00. The van der Waals surface area contributed by atoms with Crippen LogP contribution in [-0.4, -0.2) is 37.4 Å². The molecule has 0 saturated heterocycles. The number of thioether (sulfide) groups is 1. The fraction of sp³-hybridized carbons (Fsp3) is 0.250. The molecule has 0 bridgehead atoms. The number of rotatable bonds is 4. The second-order valence-corrected chi connectivity index (χ2v) is 4.39. The van der Waals surface area contributed by atoms with Crippen LogP contribution in [0.3, 0.4) is 0 Å². The zero-order valence-corrected chi connectivity index (χ0v) is 9.79. The first-order valence-electron chi connectivity index (χ1n) is 4.87. The highest BCUT2D eigenvalue weighted by Gasteiger charge is 2.06. The lowest BCUT2D eigenvalue weighted by atomic mass is 10.5. The van der Waals surface area contributed by atoms with Crippen molar-refractivity contribution in [3.8, 4) is 0 Å². The van der Waals surface area contributed by atoms with Gasteiger partial charge in [0.2, 0.25) is 5.95 Å². The van der Waals surface area contributed by atoms with Crippen LogP contribution in [0.25, 0.3) is 11.2 Å². The lowest BCUT2D eigenvalue weighted by molar-refractivity contribution is -0.110. The average molecular weight is 253 g/mol. The number of nitrogen functional groups attached to an aromatic ring is 1. The van der Waals surface area contributed by atoms with Gasteiger partial charge in [-0.25, -0.2) is 9.97 Å². The molecule has 0 amide bonds. The molecule has 8 N–H and O–H groups in total. The van der Waals surface area contributed by atoms with Crippen molar-refractivity contribution in [1.82, 2.24) is 19.9 Å². The SMILES string of the molecule is NC(=[NH2+])SCCNc1nc2ncnc(N)c2[nH]1. The van der Waals surface area contributed by atoms with Crippen molar-refractivity contribution in [2.24, 2.45) is 5.73 Å². The molecular formula is C8H13N8S+. The quantitative estimate of drug-likeness (QED) is 0.244. The van der Waals surface area contributed by atoms with E-state index in [4.69, 9.17) is 16.9 Å². The van der Waals surface area contributed by atoms with Gasteiger partial charge in [0.05, 0.1) is 0 Å². The lowest BCUT2D eigenvalue weighted by Crippen LogP contribution is -2.43. The van der Waals surface area contributed by atoms with Crippen LogP contribution in [0.5, 0.6) is 0 Å². The van der Waals surface area contributed by atoms with Gasteiger partial charge in [-0.15, -0.1) is 0 Å². The van der Waals surface area contributed by atoms with E-state index >= 15 is 0 Å². The second kappa shape index (κ2) is 4.87. The van der Waals surface area contributed by atoms with E-state index in [2.05, 4.69) is 25.3 Å². The number of nitrogens with two attached hydrogens (primary N) is 3. The minimum absolute atomic E-state index is 0.353.